The average Bonchev–Trinajstić information content (AvgIpc) is 3.10. The SMILES string of the molecule is COc1cccc(C)c1-c1cc2c(cc1N1CC(C)(C)COC1=O)CCC2. The average molecular weight is 365 g/mol. The van der Waals surface area contributed by atoms with E-state index in [1.807, 2.05) is 17.0 Å². The van der Waals surface area contributed by atoms with Crippen LogP contribution in [0, 0.1) is 12.3 Å². The number of nitrogens with zero attached hydrogens (tertiary/aromatic N) is 1. The van der Waals surface area contributed by atoms with E-state index in [9.17, 15) is 4.79 Å². The van der Waals surface area contributed by atoms with Crippen LogP contribution < -0.4 is 9.64 Å². The molecule has 1 aliphatic carbocycles. The zero-order chi connectivity index (χ0) is 19.2. The Morgan fingerprint density at radius 2 is 1.89 bits per heavy atom. The smallest absolute Gasteiger partial charge is 0.414 e. The van der Waals surface area contributed by atoms with Gasteiger partial charge in [-0.05, 0) is 61.1 Å². The Morgan fingerprint density at radius 3 is 2.63 bits per heavy atom. The highest BCUT2D eigenvalue weighted by Crippen LogP contribution is 2.43. The Kier molecular flexibility index (Phi) is 4.37. The predicted molar refractivity (Wildman–Crippen MR) is 108 cm³/mol. The maximum atomic E-state index is 12.7. The van der Waals surface area contributed by atoms with Crippen LogP contribution in [-0.2, 0) is 17.6 Å². The molecule has 1 saturated heterocycles. The highest BCUT2D eigenvalue weighted by Gasteiger charge is 2.36. The van der Waals surface area contributed by atoms with Crippen molar-refractivity contribution in [3.63, 3.8) is 0 Å². The van der Waals surface area contributed by atoms with Gasteiger partial charge in [0.05, 0.1) is 19.4 Å². The van der Waals surface area contributed by atoms with E-state index in [0.29, 0.717) is 13.2 Å². The molecule has 0 bridgehead atoms. The topological polar surface area (TPSA) is 38.8 Å². The number of aryl methyl sites for hydroxylation is 3. The minimum absolute atomic E-state index is 0.0833. The molecule has 1 fully saturated rings. The minimum Gasteiger partial charge on any atom is -0.496 e. The summed E-state index contributed by atoms with van der Waals surface area (Å²) in [6.07, 6.45) is 3.06. The molecule has 0 spiro atoms. The number of hydrogen-bond acceptors (Lipinski definition) is 3. The van der Waals surface area contributed by atoms with Crippen molar-refractivity contribution in [2.45, 2.75) is 40.0 Å². The first-order chi connectivity index (χ1) is 12.9. The van der Waals surface area contributed by atoms with Crippen LogP contribution >= 0.6 is 0 Å². The first kappa shape index (κ1) is 17.9. The molecule has 27 heavy (non-hydrogen) atoms. The van der Waals surface area contributed by atoms with Gasteiger partial charge in [-0.15, -0.1) is 0 Å². The molecular weight excluding hydrogens is 338 g/mol. The molecule has 4 heteroatoms. The lowest BCUT2D eigenvalue weighted by Crippen LogP contribution is -2.47. The van der Waals surface area contributed by atoms with Crippen molar-refractivity contribution < 1.29 is 14.3 Å². The van der Waals surface area contributed by atoms with Gasteiger partial charge in [0.2, 0.25) is 0 Å². The van der Waals surface area contributed by atoms with Gasteiger partial charge in [-0.2, -0.15) is 0 Å². The van der Waals surface area contributed by atoms with Crippen LogP contribution in [0.4, 0.5) is 10.5 Å². The Bertz CT molecular complexity index is 901. The summed E-state index contributed by atoms with van der Waals surface area (Å²) in [7, 11) is 1.70. The maximum absolute atomic E-state index is 12.7. The molecule has 0 unspecified atom stereocenters. The molecule has 4 nitrogen and oxygen atoms in total. The second-order valence-corrected chi connectivity index (χ2v) is 8.45. The fourth-order valence-corrected chi connectivity index (χ4v) is 4.25. The summed E-state index contributed by atoms with van der Waals surface area (Å²) >= 11 is 0. The van der Waals surface area contributed by atoms with Crippen molar-refractivity contribution in [2.75, 3.05) is 25.2 Å². The highest BCUT2D eigenvalue weighted by atomic mass is 16.6. The summed E-state index contributed by atoms with van der Waals surface area (Å²) in [6.45, 7) is 7.46. The quantitative estimate of drug-likeness (QED) is 0.756. The lowest BCUT2D eigenvalue weighted by atomic mass is 9.90. The summed E-state index contributed by atoms with van der Waals surface area (Å²) < 4.78 is 11.2. The molecule has 1 amide bonds. The zero-order valence-electron chi connectivity index (χ0n) is 16.6. The van der Waals surface area contributed by atoms with Gasteiger partial charge in [-0.25, -0.2) is 4.79 Å². The Labute approximate surface area is 161 Å². The molecule has 0 N–H and O–H groups in total. The number of carbonyl (C=O) groups excluding carboxylic acids is 1. The second-order valence-electron chi connectivity index (χ2n) is 8.45. The number of amides is 1. The number of methoxy groups -OCH3 is 1. The Balaban J connectivity index is 1.94. The van der Waals surface area contributed by atoms with Crippen molar-refractivity contribution >= 4 is 11.8 Å². The number of benzene rings is 2. The fourth-order valence-electron chi connectivity index (χ4n) is 4.25. The van der Waals surface area contributed by atoms with Crippen LogP contribution in [0.25, 0.3) is 11.1 Å². The molecule has 0 saturated carbocycles. The summed E-state index contributed by atoms with van der Waals surface area (Å²) in [5.74, 6) is 0.832. The number of rotatable bonds is 3. The van der Waals surface area contributed by atoms with Gasteiger partial charge < -0.3 is 9.47 Å². The van der Waals surface area contributed by atoms with Crippen LogP contribution in [-0.4, -0.2) is 26.4 Å². The molecule has 1 aliphatic heterocycles. The van der Waals surface area contributed by atoms with Crippen molar-refractivity contribution in [3.05, 3.63) is 47.0 Å². The molecule has 0 aromatic heterocycles. The van der Waals surface area contributed by atoms with E-state index in [4.69, 9.17) is 9.47 Å². The van der Waals surface area contributed by atoms with E-state index < -0.39 is 0 Å². The monoisotopic (exact) mass is 365 g/mol. The normalized spacial score (nSPS) is 18.2. The van der Waals surface area contributed by atoms with Crippen molar-refractivity contribution in [1.82, 2.24) is 0 Å². The van der Waals surface area contributed by atoms with Crippen molar-refractivity contribution in [3.8, 4) is 16.9 Å². The third kappa shape index (κ3) is 3.18. The maximum Gasteiger partial charge on any atom is 0.414 e. The van der Waals surface area contributed by atoms with E-state index in [1.165, 1.54) is 17.5 Å². The van der Waals surface area contributed by atoms with E-state index in [2.05, 4.69) is 39.0 Å². The third-order valence-corrected chi connectivity index (χ3v) is 5.62. The van der Waals surface area contributed by atoms with E-state index >= 15 is 0 Å². The van der Waals surface area contributed by atoms with Gasteiger partial charge in [-0.1, -0.05) is 26.0 Å². The van der Waals surface area contributed by atoms with Gasteiger partial charge in [0, 0.05) is 23.1 Å². The van der Waals surface area contributed by atoms with Crippen molar-refractivity contribution in [2.24, 2.45) is 5.41 Å². The lowest BCUT2D eigenvalue weighted by Gasteiger charge is -2.38. The first-order valence-corrected chi connectivity index (χ1v) is 9.64. The van der Waals surface area contributed by atoms with Crippen LogP contribution in [0.1, 0.15) is 37.0 Å². The molecule has 4 rings (SSSR count). The van der Waals surface area contributed by atoms with E-state index in [1.54, 1.807) is 7.11 Å². The predicted octanol–water partition coefficient (Wildman–Crippen LogP) is 5.14. The standard InChI is InChI=1S/C23H27NO3/c1-15-7-5-10-20(26-4)21(15)18-11-16-8-6-9-17(16)12-19(18)24-13-23(2,3)14-27-22(24)25/h5,7,10-12H,6,8-9,13-14H2,1-4H3. The zero-order valence-corrected chi connectivity index (χ0v) is 16.6. The molecule has 2 aliphatic rings. The molecule has 0 radical (unpaired) electrons. The third-order valence-electron chi connectivity index (χ3n) is 5.62. The Morgan fingerprint density at radius 1 is 1.15 bits per heavy atom. The molecular formula is C23H27NO3. The lowest BCUT2D eigenvalue weighted by molar-refractivity contribution is 0.0823. The van der Waals surface area contributed by atoms with Gasteiger partial charge in [0.15, 0.2) is 0 Å². The number of carbonyl (C=O) groups is 1. The molecule has 2 aromatic rings. The fraction of sp³-hybridized carbons (Fsp3) is 0.435. The number of anilines is 1. The number of hydrogen-bond donors (Lipinski definition) is 0. The summed E-state index contributed by atoms with van der Waals surface area (Å²) in [6, 6.07) is 10.5. The molecule has 2 aromatic carbocycles. The van der Waals surface area contributed by atoms with Gasteiger partial charge >= 0.3 is 6.09 Å². The molecule has 142 valence electrons. The van der Waals surface area contributed by atoms with Crippen LogP contribution in [0.3, 0.4) is 0 Å². The van der Waals surface area contributed by atoms with Crippen LogP contribution in [0.5, 0.6) is 5.75 Å². The summed E-state index contributed by atoms with van der Waals surface area (Å²) in [5, 5.41) is 0. The van der Waals surface area contributed by atoms with Crippen molar-refractivity contribution in [1.29, 1.82) is 0 Å². The Hall–Kier alpha value is -2.49. The van der Waals surface area contributed by atoms with Crippen LogP contribution in [0.15, 0.2) is 30.3 Å². The summed E-state index contributed by atoms with van der Waals surface area (Å²) in [4.78, 5) is 14.5. The number of cyclic esters (lactones) is 1. The second kappa shape index (κ2) is 6.59. The highest BCUT2D eigenvalue weighted by molar-refractivity contribution is 5.96. The number of ether oxygens (including phenoxy) is 2. The van der Waals surface area contributed by atoms with Gasteiger partial charge in [-0.3, -0.25) is 4.90 Å². The van der Waals surface area contributed by atoms with Gasteiger partial charge in [0.1, 0.15) is 5.75 Å². The van der Waals surface area contributed by atoms with E-state index in [0.717, 1.165) is 41.0 Å². The molecule has 1 heterocycles. The first-order valence-electron chi connectivity index (χ1n) is 9.64. The largest absolute Gasteiger partial charge is 0.496 e. The van der Waals surface area contributed by atoms with E-state index in [-0.39, 0.29) is 11.5 Å². The molecule has 0 atom stereocenters. The minimum atomic E-state index is -0.263. The van der Waals surface area contributed by atoms with Gasteiger partial charge in [0.25, 0.3) is 0 Å². The number of fused-ring (bicyclic) bond motifs is 1. The van der Waals surface area contributed by atoms with Crippen LogP contribution in [0.2, 0.25) is 0 Å². The summed E-state index contributed by atoms with van der Waals surface area (Å²) in [5.41, 5.74) is 6.82.